The zero-order valence-electron chi connectivity index (χ0n) is 9.57. The molecule has 3 nitrogen and oxygen atoms in total. The zero-order chi connectivity index (χ0) is 13.8. The molecule has 0 radical (unpaired) electrons. The minimum absolute atomic E-state index is 0.384. The van der Waals surface area contributed by atoms with Crippen LogP contribution in [0.25, 0.3) is 0 Å². The number of amides is 1. The van der Waals surface area contributed by atoms with Gasteiger partial charge >= 0.3 is 6.18 Å². The second-order valence-corrected chi connectivity index (χ2v) is 4.70. The highest BCUT2D eigenvalue weighted by Crippen LogP contribution is 2.18. The highest BCUT2D eigenvalue weighted by atomic mass is 79.9. The van der Waals surface area contributed by atoms with Crippen LogP contribution in [0.4, 0.5) is 18.9 Å². The molecule has 1 amide bonds. The molecule has 1 rings (SSSR count). The van der Waals surface area contributed by atoms with Gasteiger partial charge in [0.1, 0.15) is 0 Å². The molecule has 0 aliphatic heterocycles. The Bertz CT molecular complexity index is 415. The third-order valence-corrected chi connectivity index (χ3v) is 2.39. The van der Waals surface area contributed by atoms with E-state index >= 15 is 0 Å². The minimum atomic E-state index is -4.31. The molecule has 0 heterocycles. The molecule has 0 atom stereocenters. The monoisotopic (exact) mass is 324 g/mol. The first-order valence-electron chi connectivity index (χ1n) is 5.11. The first kappa shape index (κ1) is 15.0. The molecule has 0 saturated carbocycles. The summed E-state index contributed by atoms with van der Waals surface area (Å²) in [7, 11) is 0. The second kappa shape index (κ2) is 6.19. The van der Waals surface area contributed by atoms with E-state index in [2.05, 4.69) is 21.2 Å². The van der Waals surface area contributed by atoms with Crippen LogP contribution in [0.2, 0.25) is 0 Å². The minimum Gasteiger partial charge on any atom is -0.325 e. The normalized spacial score (nSPS) is 11.4. The predicted molar refractivity (Wildman–Crippen MR) is 66.4 cm³/mol. The van der Waals surface area contributed by atoms with Crippen LogP contribution in [0.5, 0.6) is 0 Å². The number of aryl methyl sites for hydroxylation is 1. The lowest BCUT2D eigenvalue weighted by molar-refractivity contribution is -0.126. The average Bonchev–Trinajstić information content (AvgIpc) is 2.12. The summed E-state index contributed by atoms with van der Waals surface area (Å²) < 4.78 is 36.3. The summed E-state index contributed by atoms with van der Waals surface area (Å²) in [5.74, 6) is -0.517. The van der Waals surface area contributed by atoms with Crippen LogP contribution >= 0.6 is 15.9 Å². The van der Waals surface area contributed by atoms with E-state index in [1.807, 2.05) is 18.3 Å². The van der Waals surface area contributed by atoms with Crippen molar-refractivity contribution in [3.05, 3.63) is 28.2 Å². The fraction of sp³-hybridized carbons (Fsp3) is 0.364. The van der Waals surface area contributed by atoms with Crippen molar-refractivity contribution in [2.24, 2.45) is 0 Å². The number of anilines is 1. The van der Waals surface area contributed by atoms with Crippen LogP contribution < -0.4 is 10.6 Å². The number of halogens is 4. The standard InChI is InChI=1S/C11H12BrF3N2O/c1-7-2-8(12)4-9(3-7)17-10(18)5-16-6-11(13,14)15/h2-4,16H,5-6H2,1H3,(H,17,18). The fourth-order valence-corrected chi connectivity index (χ4v) is 1.94. The Labute approximate surface area is 111 Å². The molecule has 0 unspecified atom stereocenters. The Hall–Kier alpha value is -1.08. The Morgan fingerprint density at radius 2 is 2.00 bits per heavy atom. The molecule has 1 aromatic rings. The summed E-state index contributed by atoms with van der Waals surface area (Å²) in [4.78, 5) is 11.4. The van der Waals surface area contributed by atoms with Crippen molar-refractivity contribution in [1.29, 1.82) is 0 Å². The Kier molecular flexibility index (Phi) is 5.15. The molecule has 7 heteroatoms. The summed E-state index contributed by atoms with van der Waals surface area (Å²) >= 11 is 3.27. The van der Waals surface area contributed by atoms with Gasteiger partial charge in [0.2, 0.25) is 5.91 Å². The van der Waals surface area contributed by atoms with Gasteiger partial charge in [-0.15, -0.1) is 0 Å². The van der Waals surface area contributed by atoms with Crippen molar-refractivity contribution in [3.8, 4) is 0 Å². The van der Waals surface area contributed by atoms with E-state index in [-0.39, 0.29) is 6.54 Å². The van der Waals surface area contributed by atoms with Gasteiger partial charge in [-0.1, -0.05) is 15.9 Å². The van der Waals surface area contributed by atoms with Gasteiger partial charge in [-0.25, -0.2) is 0 Å². The molecule has 0 bridgehead atoms. The van der Waals surface area contributed by atoms with E-state index in [0.29, 0.717) is 5.69 Å². The van der Waals surface area contributed by atoms with E-state index in [1.54, 1.807) is 12.1 Å². The number of carbonyl (C=O) groups excluding carboxylic acids is 1. The smallest absolute Gasteiger partial charge is 0.325 e. The Balaban J connectivity index is 2.45. The maximum atomic E-state index is 11.8. The number of rotatable bonds is 4. The number of nitrogens with one attached hydrogen (secondary N) is 2. The predicted octanol–water partition coefficient (Wildman–Crippen LogP) is 2.85. The third-order valence-electron chi connectivity index (χ3n) is 1.94. The van der Waals surface area contributed by atoms with Crippen molar-refractivity contribution in [3.63, 3.8) is 0 Å². The SMILES string of the molecule is Cc1cc(Br)cc(NC(=O)CNCC(F)(F)F)c1. The summed E-state index contributed by atoms with van der Waals surface area (Å²) in [6, 6.07) is 5.26. The van der Waals surface area contributed by atoms with Gasteiger partial charge < -0.3 is 10.6 Å². The van der Waals surface area contributed by atoms with Crippen molar-refractivity contribution >= 4 is 27.5 Å². The van der Waals surface area contributed by atoms with Crippen LogP contribution in [0.15, 0.2) is 22.7 Å². The van der Waals surface area contributed by atoms with Crippen molar-refractivity contribution in [1.82, 2.24) is 5.32 Å². The summed E-state index contributed by atoms with van der Waals surface area (Å²) in [5.41, 5.74) is 1.48. The lowest BCUT2D eigenvalue weighted by Gasteiger charge is -2.09. The van der Waals surface area contributed by atoms with Crippen molar-refractivity contribution in [2.75, 3.05) is 18.4 Å². The topological polar surface area (TPSA) is 41.1 Å². The molecule has 2 N–H and O–H groups in total. The van der Waals surface area contributed by atoms with Gasteiger partial charge in [-0.3, -0.25) is 4.79 Å². The Morgan fingerprint density at radius 1 is 1.33 bits per heavy atom. The number of hydrogen-bond acceptors (Lipinski definition) is 2. The molecular formula is C11H12BrF3N2O. The van der Waals surface area contributed by atoms with Crippen LogP contribution in [0.1, 0.15) is 5.56 Å². The molecule has 1 aromatic carbocycles. The van der Waals surface area contributed by atoms with Crippen LogP contribution in [0.3, 0.4) is 0 Å². The number of alkyl halides is 3. The van der Waals surface area contributed by atoms with Gasteiger partial charge in [0.15, 0.2) is 0 Å². The lowest BCUT2D eigenvalue weighted by atomic mass is 10.2. The highest BCUT2D eigenvalue weighted by Gasteiger charge is 2.26. The third kappa shape index (κ3) is 6.02. The molecular weight excluding hydrogens is 313 g/mol. The zero-order valence-corrected chi connectivity index (χ0v) is 11.2. The van der Waals surface area contributed by atoms with Crippen molar-refractivity contribution < 1.29 is 18.0 Å². The quantitative estimate of drug-likeness (QED) is 0.894. The molecule has 0 spiro atoms. The van der Waals surface area contributed by atoms with E-state index in [9.17, 15) is 18.0 Å². The van der Waals surface area contributed by atoms with Crippen molar-refractivity contribution in [2.45, 2.75) is 13.1 Å². The summed E-state index contributed by atoms with van der Waals surface area (Å²) in [6.45, 7) is 0.283. The van der Waals surface area contributed by atoms with E-state index in [0.717, 1.165) is 10.0 Å². The largest absolute Gasteiger partial charge is 0.401 e. The van der Waals surface area contributed by atoms with Crippen LogP contribution in [-0.2, 0) is 4.79 Å². The molecule has 0 aliphatic carbocycles. The van der Waals surface area contributed by atoms with Crippen LogP contribution in [0, 0.1) is 6.92 Å². The van der Waals surface area contributed by atoms with Gasteiger partial charge in [-0.05, 0) is 30.7 Å². The molecule has 0 aliphatic rings. The van der Waals surface area contributed by atoms with E-state index < -0.39 is 18.6 Å². The van der Waals surface area contributed by atoms with Crippen LogP contribution in [-0.4, -0.2) is 25.2 Å². The fourth-order valence-electron chi connectivity index (χ4n) is 1.33. The number of hydrogen-bond donors (Lipinski definition) is 2. The van der Waals surface area contributed by atoms with Gasteiger partial charge in [0.25, 0.3) is 0 Å². The van der Waals surface area contributed by atoms with E-state index in [4.69, 9.17) is 0 Å². The first-order valence-corrected chi connectivity index (χ1v) is 5.90. The lowest BCUT2D eigenvalue weighted by Crippen LogP contribution is -2.35. The molecule has 0 saturated heterocycles. The highest BCUT2D eigenvalue weighted by molar-refractivity contribution is 9.10. The van der Waals surface area contributed by atoms with E-state index in [1.165, 1.54) is 0 Å². The molecule has 0 fully saturated rings. The second-order valence-electron chi connectivity index (χ2n) is 3.78. The average molecular weight is 325 g/mol. The summed E-state index contributed by atoms with van der Waals surface area (Å²) in [6.07, 6.45) is -4.31. The Morgan fingerprint density at radius 3 is 2.56 bits per heavy atom. The first-order chi connectivity index (χ1) is 8.26. The number of benzene rings is 1. The molecule has 100 valence electrons. The summed E-state index contributed by atoms with van der Waals surface area (Å²) in [5, 5.41) is 4.54. The maximum absolute atomic E-state index is 11.8. The maximum Gasteiger partial charge on any atom is 0.401 e. The van der Waals surface area contributed by atoms with Gasteiger partial charge in [0, 0.05) is 10.2 Å². The van der Waals surface area contributed by atoms with Gasteiger partial charge in [0.05, 0.1) is 13.1 Å². The van der Waals surface area contributed by atoms with Gasteiger partial charge in [-0.2, -0.15) is 13.2 Å². The molecule has 18 heavy (non-hydrogen) atoms. The number of carbonyl (C=O) groups is 1. The molecule has 0 aromatic heterocycles.